The van der Waals surface area contributed by atoms with Crippen LogP contribution in [0.2, 0.25) is 5.15 Å². The minimum atomic E-state index is 0.350. The van der Waals surface area contributed by atoms with Crippen molar-refractivity contribution in [2.45, 2.75) is 13.8 Å². The summed E-state index contributed by atoms with van der Waals surface area (Å²) >= 11 is 5.70. The molecule has 0 saturated carbocycles. The highest BCUT2D eigenvalue weighted by atomic mass is 35.5. The zero-order valence-electron chi connectivity index (χ0n) is 6.22. The van der Waals surface area contributed by atoms with E-state index >= 15 is 0 Å². The maximum atomic E-state index is 8.57. The Morgan fingerprint density at radius 3 is 2.55 bits per heavy atom. The van der Waals surface area contributed by atoms with Gasteiger partial charge in [0.25, 0.3) is 0 Å². The third kappa shape index (κ3) is 1.47. The van der Waals surface area contributed by atoms with Gasteiger partial charge < -0.3 is 0 Å². The van der Waals surface area contributed by atoms with Crippen molar-refractivity contribution < 1.29 is 0 Å². The van der Waals surface area contributed by atoms with E-state index in [0.717, 1.165) is 0 Å². The molecule has 4 heteroatoms. The predicted molar refractivity (Wildman–Crippen MR) is 41.2 cm³/mol. The fourth-order valence-corrected chi connectivity index (χ4v) is 0.915. The van der Waals surface area contributed by atoms with Crippen molar-refractivity contribution in [1.82, 2.24) is 9.97 Å². The van der Waals surface area contributed by atoms with Crippen molar-refractivity contribution in [3.8, 4) is 6.07 Å². The summed E-state index contributed by atoms with van der Waals surface area (Å²) in [5, 5.41) is 8.92. The van der Waals surface area contributed by atoms with E-state index in [0.29, 0.717) is 22.2 Å². The van der Waals surface area contributed by atoms with Crippen molar-refractivity contribution in [1.29, 1.82) is 5.26 Å². The van der Waals surface area contributed by atoms with Crippen LogP contribution in [0.25, 0.3) is 0 Å². The fourth-order valence-electron chi connectivity index (χ4n) is 0.703. The maximum Gasteiger partial charge on any atom is 0.148 e. The predicted octanol–water partition coefficient (Wildman–Crippen LogP) is 1.62. The Balaban J connectivity index is 3.39. The molecule has 0 saturated heterocycles. The molecule has 0 spiro atoms. The van der Waals surface area contributed by atoms with Gasteiger partial charge in [0.05, 0.1) is 0 Å². The third-order valence-electron chi connectivity index (χ3n) is 1.30. The molecule has 0 fully saturated rings. The van der Waals surface area contributed by atoms with Crippen LogP contribution in [0.1, 0.15) is 17.1 Å². The molecule has 0 bridgehead atoms. The highest BCUT2D eigenvalue weighted by Crippen LogP contribution is 2.13. The quantitative estimate of drug-likeness (QED) is 0.552. The normalized spacial score (nSPS) is 9.27. The van der Waals surface area contributed by atoms with Gasteiger partial charge in [0.2, 0.25) is 0 Å². The van der Waals surface area contributed by atoms with Gasteiger partial charge in [-0.2, -0.15) is 5.26 Å². The van der Waals surface area contributed by atoms with Crippen molar-refractivity contribution >= 4 is 11.6 Å². The molecule has 3 nitrogen and oxygen atoms in total. The van der Waals surface area contributed by atoms with Crippen LogP contribution in [0, 0.1) is 25.2 Å². The van der Waals surface area contributed by atoms with Crippen molar-refractivity contribution in [3.05, 3.63) is 22.2 Å². The lowest BCUT2D eigenvalue weighted by Crippen LogP contribution is -1.96. The molecule has 0 atom stereocenters. The zero-order chi connectivity index (χ0) is 8.43. The smallest absolute Gasteiger partial charge is 0.148 e. The number of hydrogen-bond acceptors (Lipinski definition) is 3. The van der Waals surface area contributed by atoms with Gasteiger partial charge in [-0.25, -0.2) is 9.97 Å². The lowest BCUT2D eigenvalue weighted by Gasteiger charge is -1.98. The first-order chi connectivity index (χ1) is 5.15. The van der Waals surface area contributed by atoms with E-state index < -0.39 is 0 Å². The molecule has 0 aliphatic heterocycles. The monoisotopic (exact) mass is 167 g/mol. The van der Waals surface area contributed by atoms with Gasteiger partial charge in [0, 0.05) is 5.56 Å². The minimum Gasteiger partial charge on any atom is -0.222 e. The molecule has 11 heavy (non-hydrogen) atoms. The summed E-state index contributed by atoms with van der Waals surface area (Å²) in [6.07, 6.45) is 0. The molecule has 0 amide bonds. The van der Waals surface area contributed by atoms with Gasteiger partial charge in [-0.15, -0.1) is 0 Å². The Morgan fingerprint density at radius 1 is 1.36 bits per heavy atom. The molecule has 0 aromatic carbocycles. The molecule has 0 N–H and O–H groups in total. The Hall–Kier alpha value is -1.14. The van der Waals surface area contributed by atoms with E-state index in [2.05, 4.69) is 9.97 Å². The largest absolute Gasteiger partial charge is 0.222 e. The van der Waals surface area contributed by atoms with Crippen LogP contribution in [-0.2, 0) is 0 Å². The molecule has 0 aliphatic carbocycles. The SMILES string of the molecule is Cc1nc(Cl)c(C)c(C#N)n1. The minimum absolute atomic E-state index is 0.350. The molecule has 0 unspecified atom stereocenters. The first-order valence-electron chi connectivity index (χ1n) is 3.06. The average Bonchev–Trinajstić information content (AvgIpc) is 1.96. The van der Waals surface area contributed by atoms with E-state index in [4.69, 9.17) is 16.9 Å². The van der Waals surface area contributed by atoms with Crippen LogP contribution >= 0.6 is 11.6 Å². The maximum absolute atomic E-state index is 8.57. The Kier molecular flexibility index (Phi) is 2.06. The van der Waals surface area contributed by atoms with Gasteiger partial charge in [-0.3, -0.25) is 0 Å². The standard InChI is InChI=1S/C7H6ClN3/c1-4-6(3-9)10-5(2)11-7(4)8/h1-2H3. The summed E-state index contributed by atoms with van der Waals surface area (Å²) in [7, 11) is 0. The molecule has 1 rings (SSSR count). The number of hydrogen-bond donors (Lipinski definition) is 0. The molecule has 0 radical (unpaired) electrons. The first-order valence-corrected chi connectivity index (χ1v) is 3.43. The number of aryl methyl sites for hydroxylation is 1. The van der Waals surface area contributed by atoms with Gasteiger partial charge in [0.15, 0.2) is 0 Å². The second-order valence-corrected chi connectivity index (χ2v) is 2.51. The Labute approximate surface area is 69.7 Å². The third-order valence-corrected chi connectivity index (χ3v) is 1.67. The van der Waals surface area contributed by atoms with E-state index in [9.17, 15) is 0 Å². The Morgan fingerprint density at radius 2 is 2.00 bits per heavy atom. The first kappa shape index (κ1) is 7.96. The lowest BCUT2D eigenvalue weighted by molar-refractivity contribution is 1.01. The van der Waals surface area contributed by atoms with Crippen LogP contribution in [0.5, 0.6) is 0 Å². The molecule has 0 aliphatic rings. The summed E-state index contributed by atoms with van der Waals surface area (Å²) in [5.41, 5.74) is 0.988. The van der Waals surface area contributed by atoms with Crippen molar-refractivity contribution in [2.24, 2.45) is 0 Å². The van der Waals surface area contributed by atoms with Crippen LogP contribution < -0.4 is 0 Å². The molecular formula is C7H6ClN3. The van der Waals surface area contributed by atoms with Crippen LogP contribution in [0.3, 0.4) is 0 Å². The fraction of sp³-hybridized carbons (Fsp3) is 0.286. The highest BCUT2D eigenvalue weighted by molar-refractivity contribution is 6.30. The second-order valence-electron chi connectivity index (χ2n) is 2.15. The number of rotatable bonds is 0. The zero-order valence-corrected chi connectivity index (χ0v) is 6.98. The summed E-state index contributed by atoms with van der Waals surface area (Å²) in [6, 6.07) is 1.94. The Bertz CT molecular complexity index is 327. The topological polar surface area (TPSA) is 49.6 Å². The molecule has 56 valence electrons. The van der Waals surface area contributed by atoms with E-state index in [1.807, 2.05) is 6.07 Å². The summed E-state index contributed by atoms with van der Waals surface area (Å²) in [5.74, 6) is 0.525. The van der Waals surface area contributed by atoms with Gasteiger partial charge in [-0.05, 0) is 13.8 Å². The summed E-state index contributed by atoms with van der Waals surface area (Å²) in [6.45, 7) is 3.42. The van der Waals surface area contributed by atoms with Gasteiger partial charge in [-0.1, -0.05) is 11.6 Å². The van der Waals surface area contributed by atoms with Crippen LogP contribution in [0.4, 0.5) is 0 Å². The van der Waals surface area contributed by atoms with E-state index in [-0.39, 0.29) is 0 Å². The van der Waals surface area contributed by atoms with Gasteiger partial charge >= 0.3 is 0 Å². The molecule has 1 heterocycles. The van der Waals surface area contributed by atoms with E-state index in [1.54, 1.807) is 13.8 Å². The second kappa shape index (κ2) is 2.85. The number of aromatic nitrogens is 2. The number of nitriles is 1. The highest BCUT2D eigenvalue weighted by Gasteiger charge is 2.04. The van der Waals surface area contributed by atoms with Crippen LogP contribution in [0.15, 0.2) is 0 Å². The van der Waals surface area contributed by atoms with Gasteiger partial charge in [0.1, 0.15) is 22.7 Å². The van der Waals surface area contributed by atoms with Crippen LogP contribution in [-0.4, -0.2) is 9.97 Å². The van der Waals surface area contributed by atoms with E-state index in [1.165, 1.54) is 0 Å². The molecular weight excluding hydrogens is 162 g/mol. The molecule has 1 aromatic heterocycles. The van der Waals surface area contributed by atoms with Crippen molar-refractivity contribution in [3.63, 3.8) is 0 Å². The number of nitrogens with zero attached hydrogens (tertiary/aromatic N) is 3. The number of halogens is 1. The molecule has 1 aromatic rings. The summed E-state index contributed by atoms with van der Waals surface area (Å²) in [4.78, 5) is 7.78. The average molecular weight is 168 g/mol. The van der Waals surface area contributed by atoms with Crippen molar-refractivity contribution in [2.75, 3.05) is 0 Å². The summed E-state index contributed by atoms with van der Waals surface area (Å²) < 4.78 is 0. The lowest BCUT2D eigenvalue weighted by atomic mass is 10.3.